The maximum atomic E-state index is 11.1. The number of hydrogen-bond acceptors (Lipinski definition) is 3. The van der Waals surface area contributed by atoms with Crippen LogP contribution in [0.2, 0.25) is 0 Å². The summed E-state index contributed by atoms with van der Waals surface area (Å²) in [6.45, 7) is 2.64. The van der Waals surface area contributed by atoms with Gasteiger partial charge in [-0.05, 0) is 31.7 Å². The van der Waals surface area contributed by atoms with Gasteiger partial charge in [0.15, 0.2) is 0 Å². The lowest BCUT2D eigenvalue weighted by atomic mass is 9.85. The molecule has 2 unspecified atom stereocenters. The molecule has 1 rings (SSSR count). The minimum atomic E-state index is -1.01. The summed E-state index contributed by atoms with van der Waals surface area (Å²) >= 11 is 0. The normalized spacial score (nSPS) is 27.1. The maximum absolute atomic E-state index is 11.1. The molecule has 0 saturated carbocycles. The van der Waals surface area contributed by atoms with Crippen molar-refractivity contribution < 1.29 is 14.7 Å². The molecule has 1 saturated heterocycles. The van der Waals surface area contributed by atoms with Crippen molar-refractivity contribution in [2.24, 2.45) is 11.7 Å². The molecule has 1 fully saturated rings. The Morgan fingerprint density at radius 2 is 2.31 bits per heavy atom. The molecule has 0 bridgehead atoms. The first-order valence-electron chi connectivity index (χ1n) is 5.56. The lowest BCUT2D eigenvalue weighted by molar-refractivity contribution is -0.121. The smallest absolute Gasteiger partial charge is 0.404 e. The van der Waals surface area contributed by atoms with Gasteiger partial charge in [-0.2, -0.15) is 0 Å². The van der Waals surface area contributed by atoms with Crippen molar-refractivity contribution in [2.75, 3.05) is 6.54 Å². The van der Waals surface area contributed by atoms with Crippen LogP contribution in [0, 0.1) is 5.92 Å². The molecule has 0 aromatic heterocycles. The molecule has 2 amide bonds. The first-order chi connectivity index (χ1) is 7.54. The zero-order chi connectivity index (χ0) is 12.1. The highest BCUT2D eigenvalue weighted by molar-refractivity contribution is 5.80. The molecule has 1 aliphatic heterocycles. The summed E-state index contributed by atoms with van der Waals surface area (Å²) in [5, 5.41) is 14.2. The van der Waals surface area contributed by atoms with Crippen LogP contribution in [0.3, 0.4) is 0 Å². The van der Waals surface area contributed by atoms with Gasteiger partial charge in [0.05, 0.1) is 6.04 Å². The molecular formula is C10H19N3O3. The predicted molar refractivity (Wildman–Crippen MR) is 58.9 cm³/mol. The number of carbonyl (C=O) groups is 2. The Balaban J connectivity index is 2.56. The Morgan fingerprint density at radius 1 is 1.62 bits per heavy atom. The summed E-state index contributed by atoms with van der Waals surface area (Å²) in [6.07, 6.45) is 1.18. The van der Waals surface area contributed by atoms with Crippen LogP contribution in [0.15, 0.2) is 0 Å². The van der Waals surface area contributed by atoms with Crippen molar-refractivity contribution in [2.45, 2.75) is 38.3 Å². The topological polar surface area (TPSA) is 104 Å². The molecule has 0 spiro atoms. The van der Waals surface area contributed by atoms with Crippen molar-refractivity contribution >= 4 is 12.0 Å². The molecule has 5 N–H and O–H groups in total. The summed E-state index contributed by atoms with van der Waals surface area (Å²) < 4.78 is 0. The van der Waals surface area contributed by atoms with E-state index in [1.807, 2.05) is 6.92 Å². The highest BCUT2D eigenvalue weighted by atomic mass is 16.4. The predicted octanol–water partition coefficient (Wildman–Crippen LogP) is -0.114. The summed E-state index contributed by atoms with van der Waals surface area (Å²) in [5.41, 5.74) is 5.23. The van der Waals surface area contributed by atoms with Crippen LogP contribution in [0.5, 0.6) is 0 Å². The largest absolute Gasteiger partial charge is 0.465 e. The van der Waals surface area contributed by atoms with Crippen molar-refractivity contribution in [3.63, 3.8) is 0 Å². The molecular weight excluding hydrogens is 210 g/mol. The number of hydrogen-bond donors (Lipinski definition) is 4. The van der Waals surface area contributed by atoms with Crippen LogP contribution >= 0.6 is 0 Å². The molecule has 1 aliphatic rings. The van der Waals surface area contributed by atoms with E-state index in [0.29, 0.717) is 13.0 Å². The third kappa shape index (κ3) is 3.37. The van der Waals surface area contributed by atoms with E-state index in [2.05, 4.69) is 10.6 Å². The SMILES string of the molecule is CC[C@H](NC(=O)O)C1CCNC(C(N)=O)C1. The number of carbonyl (C=O) groups excluding carboxylic acids is 1. The van der Waals surface area contributed by atoms with Crippen LogP contribution in [0.1, 0.15) is 26.2 Å². The Morgan fingerprint density at radius 3 is 2.81 bits per heavy atom. The van der Waals surface area contributed by atoms with Crippen molar-refractivity contribution in [1.82, 2.24) is 10.6 Å². The Hall–Kier alpha value is -1.30. The Labute approximate surface area is 94.6 Å². The second kappa shape index (κ2) is 5.69. The molecule has 92 valence electrons. The van der Waals surface area contributed by atoms with Crippen molar-refractivity contribution in [3.05, 3.63) is 0 Å². The number of nitrogens with two attached hydrogens (primary N) is 1. The maximum Gasteiger partial charge on any atom is 0.404 e. The number of nitrogens with one attached hydrogen (secondary N) is 2. The van der Waals surface area contributed by atoms with E-state index in [0.717, 1.165) is 12.8 Å². The fourth-order valence-electron chi connectivity index (χ4n) is 2.24. The lowest BCUT2D eigenvalue weighted by Crippen LogP contribution is -2.51. The van der Waals surface area contributed by atoms with E-state index in [1.165, 1.54) is 0 Å². The van der Waals surface area contributed by atoms with E-state index >= 15 is 0 Å². The van der Waals surface area contributed by atoms with E-state index in [-0.39, 0.29) is 23.9 Å². The minimum absolute atomic E-state index is 0.0959. The van der Waals surface area contributed by atoms with Gasteiger partial charge in [-0.15, -0.1) is 0 Å². The molecule has 0 aliphatic carbocycles. The molecule has 0 aromatic rings. The summed E-state index contributed by atoms with van der Waals surface area (Å²) in [4.78, 5) is 21.7. The third-order valence-corrected chi connectivity index (χ3v) is 3.11. The highest BCUT2D eigenvalue weighted by Gasteiger charge is 2.30. The zero-order valence-corrected chi connectivity index (χ0v) is 9.40. The van der Waals surface area contributed by atoms with Gasteiger partial charge in [-0.25, -0.2) is 4.79 Å². The van der Waals surface area contributed by atoms with E-state index < -0.39 is 6.09 Å². The van der Waals surface area contributed by atoms with E-state index in [1.54, 1.807) is 0 Å². The fourth-order valence-corrected chi connectivity index (χ4v) is 2.24. The molecule has 16 heavy (non-hydrogen) atoms. The van der Waals surface area contributed by atoms with Crippen molar-refractivity contribution in [1.29, 1.82) is 0 Å². The number of amides is 2. The summed E-state index contributed by atoms with van der Waals surface area (Å²) in [7, 11) is 0. The molecule has 0 radical (unpaired) electrons. The van der Waals surface area contributed by atoms with Crippen LogP contribution in [-0.2, 0) is 4.79 Å². The second-order valence-corrected chi connectivity index (χ2v) is 4.16. The fraction of sp³-hybridized carbons (Fsp3) is 0.800. The first-order valence-corrected chi connectivity index (χ1v) is 5.56. The van der Waals surface area contributed by atoms with Crippen molar-refractivity contribution in [3.8, 4) is 0 Å². The number of primary amides is 1. The molecule has 6 nitrogen and oxygen atoms in total. The quantitative estimate of drug-likeness (QED) is 0.539. The van der Waals surface area contributed by atoms with Crippen LogP contribution in [0.4, 0.5) is 4.79 Å². The lowest BCUT2D eigenvalue weighted by Gasteiger charge is -2.33. The van der Waals surface area contributed by atoms with Gasteiger partial charge in [0, 0.05) is 6.04 Å². The van der Waals surface area contributed by atoms with Crippen LogP contribution in [0.25, 0.3) is 0 Å². The summed E-state index contributed by atoms with van der Waals surface area (Å²) in [5.74, 6) is -0.185. The summed E-state index contributed by atoms with van der Waals surface area (Å²) in [6, 6.07) is -0.426. The number of carboxylic acid groups (broad SMARTS) is 1. The van der Waals surface area contributed by atoms with Gasteiger partial charge in [-0.3, -0.25) is 4.79 Å². The number of piperidine rings is 1. The van der Waals surface area contributed by atoms with Gasteiger partial charge >= 0.3 is 6.09 Å². The molecule has 1 heterocycles. The molecule has 0 aromatic carbocycles. The standard InChI is InChI=1S/C10H19N3O3/c1-2-7(13-10(15)16)6-3-4-12-8(5-6)9(11)14/h6-8,12-13H,2-5H2,1H3,(H2,11,14)(H,15,16)/t6?,7-,8?/m0/s1. The minimum Gasteiger partial charge on any atom is -0.465 e. The van der Waals surface area contributed by atoms with Gasteiger partial charge in [0.25, 0.3) is 0 Å². The third-order valence-electron chi connectivity index (χ3n) is 3.11. The van der Waals surface area contributed by atoms with Crippen LogP contribution in [-0.4, -0.2) is 35.7 Å². The van der Waals surface area contributed by atoms with Crippen LogP contribution < -0.4 is 16.4 Å². The average molecular weight is 229 g/mol. The highest BCUT2D eigenvalue weighted by Crippen LogP contribution is 2.21. The average Bonchev–Trinajstić information content (AvgIpc) is 2.25. The Kier molecular flexibility index (Phi) is 4.54. The first kappa shape index (κ1) is 12.8. The molecule has 6 heteroatoms. The van der Waals surface area contributed by atoms with E-state index in [9.17, 15) is 9.59 Å². The Bertz CT molecular complexity index is 270. The number of rotatable bonds is 4. The van der Waals surface area contributed by atoms with Gasteiger partial charge in [0.1, 0.15) is 0 Å². The second-order valence-electron chi connectivity index (χ2n) is 4.16. The molecule has 3 atom stereocenters. The van der Waals surface area contributed by atoms with Gasteiger partial charge in [-0.1, -0.05) is 6.92 Å². The van der Waals surface area contributed by atoms with Gasteiger partial charge in [0.2, 0.25) is 5.91 Å². The van der Waals surface area contributed by atoms with Gasteiger partial charge < -0.3 is 21.5 Å². The zero-order valence-electron chi connectivity index (χ0n) is 9.40. The van der Waals surface area contributed by atoms with E-state index in [4.69, 9.17) is 10.8 Å². The monoisotopic (exact) mass is 229 g/mol.